The molecule has 0 radical (unpaired) electrons. The molecular formula is C10H19NO3S. The summed E-state index contributed by atoms with van der Waals surface area (Å²) in [4.78, 5) is 22.3. The fourth-order valence-electron chi connectivity index (χ4n) is 1.09. The molecule has 15 heavy (non-hydrogen) atoms. The third-order valence-corrected chi connectivity index (χ3v) is 2.59. The van der Waals surface area contributed by atoms with Crippen LogP contribution in [0.3, 0.4) is 0 Å². The van der Waals surface area contributed by atoms with Gasteiger partial charge in [-0.3, -0.25) is 4.79 Å². The van der Waals surface area contributed by atoms with Gasteiger partial charge in [-0.1, -0.05) is 20.8 Å². The molecule has 0 saturated carbocycles. The summed E-state index contributed by atoms with van der Waals surface area (Å²) in [6.45, 7) is 5.56. The van der Waals surface area contributed by atoms with Crippen molar-refractivity contribution in [3.63, 3.8) is 0 Å². The molecule has 0 spiro atoms. The average Bonchev–Trinajstić information content (AvgIpc) is 2.14. The molecule has 0 heterocycles. The van der Waals surface area contributed by atoms with Gasteiger partial charge in [-0.05, 0) is 12.3 Å². The molecule has 88 valence electrons. The van der Waals surface area contributed by atoms with Crippen LogP contribution in [0.15, 0.2) is 0 Å². The first-order valence-electron chi connectivity index (χ1n) is 5.02. The smallest absolute Gasteiger partial charge is 0.326 e. The van der Waals surface area contributed by atoms with Gasteiger partial charge in [0.1, 0.15) is 6.04 Å². The Morgan fingerprint density at radius 1 is 1.33 bits per heavy atom. The number of thiol groups is 1. The molecule has 1 amide bonds. The van der Waals surface area contributed by atoms with E-state index in [1.54, 1.807) is 6.92 Å². The summed E-state index contributed by atoms with van der Waals surface area (Å²) < 4.78 is 0. The highest BCUT2D eigenvalue weighted by molar-refractivity contribution is 7.80. The Balaban J connectivity index is 4.29. The fourth-order valence-corrected chi connectivity index (χ4v) is 1.26. The van der Waals surface area contributed by atoms with Gasteiger partial charge in [0.2, 0.25) is 5.91 Å². The number of carbonyl (C=O) groups is 2. The second kappa shape index (κ2) is 6.71. The summed E-state index contributed by atoms with van der Waals surface area (Å²) in [5, 5.41) is 11.4. The Hall–Kier alpha value is -0.710. The molecule has 0 aliphatic heterocycles. The number of rotatable bonds is 6. The maximum Gasteiger partial charge on any atom is 0.326 e. The summed E-state index contributed by atoms with van der Waals surface area (Å²) in [6, 6.07) is -0.792. The number of carbonyl (C=O) groups excluding carboxylic acids is 1. The fraction of sp³-hybridized carbons (Fsp3) is 0.800. The zero-order valence-corrected chi connectivity index (χ0v) is 10.3. The third-order valence-electron chi connectivity index (χ3n) is 2.04. The van der Waals surface area contributed by atoms with Gasteiger partial charge < -0.3 is 10.4 Å². The second-order valence-corrected chi connectivity index (χ2v) is 4.48. The van der Waals surface area contributed by atoms with E-state index in [1.165, 1.54) is 0 Å². The minimum Gasteiger partial charge on any atom is -0.480 e. The van der Waals surface area contributed by atoms with E-state index >= 15 is 0 Å². The Kier molecular flexibility index (Phi) is 6.40. The molecular weight excluding hydrogens is 214 g/mol. The molecule has 2 unspecified atom stereocenters. The number of amides is 1. The zero-order chi connectivity index (χ0) is 12.0. The van der Waals surface area contributed by atoms with Crippen LogP contribution in [0.2, 0.25) is 0 Å². The van der Waals surface area contributed by atoms with Gasteiger partial charge in [0.15, 0.2) is 0 Å². The van der Waals surface area contributed by atoms with Crippen molar-refractivity contribution in [2.75, 3.05) is 5.75 Å². The largest absolute Gasteiger partial charge is 0.480 e. The summed E-state index contributed by atoms with van der Waals surface area (Å²) >= 11 is 3.99. The van der Waals surface area contributed by atoms with Crippen LogP contribution in [0.4, 0.5) is 0 Å². The monoisotopic (exact) mass is 233 g/mol. The minimum absolute atomic E-state index is 0.234. The van der Waals surface area contributed by atoms with Gasteiger partial charge in [-0.15, -0.1) is 0 Å². The van der Waals surface area contributed by atoms with E-state index < -0.39 is 12.0 Å². The van der Waals surface area contributed by atoms with Crippen LogP contribution in [-0.4, -0.2) is 28.8 Å². The predicted molar refractivity (Wildman–Crippen MR) is 62.0 cm³/mol. The van der Waals surface area contributed by atoms with Gasteiger partial charge in [-0.25, -0.2) is 4.79 Å². The van der Waals surface area contributed by atoms with Crippen LogP contribution >= 0.6 is 12.6 Å². The Morgan fingerprint density at radius 2 is 1.87 bits per heavy atom. The highest BCUT2D eigenvalue weighted by Gasteiger charge is 2.22. The van der Waals surface area contributed by atoms with E-state index in [2.05, 4.69) is 17.9 Å². The first kappa shape index (κ1) is 14.3. The first-order chi connectivity index (χ1) is 6.88. The van der Waals surface area contributed by atoms with Crippen molar-refractivity contribution in [1.29, 1.82) is 0 Å². The molecule has 0 aliphatic carbocycles. The Bertz CT molecular complexity index is 231. The van der Waals surface area contributed by atoms with Gasteiger partial charge in [0.25, 0.3) is 0 Å². The summed E-state index contributed by atoms with van der Waals surface area (Å²) in [6.07, 6.45) is 0.445. The van der Waals surface area contributed by atoms with E-state index in [4.69, 9.17) is 5.11 Å². The molecule has 0 aliphatic rings. The molecule has 0 aromatic rings. The average molecular weight is 233 g/mol. The lowest BCUT2D eigenvalue weighted by Crippen LogP contribution is -2.44. The molecule has 0 saturated heterocycles. The molecule has 0 fully saturated rings. The van der Waals surface area contributed by atoms with E-state index in [-0.39, 0.29) is 17.7 Å². The van der Waals surface area contributed by atoms with Crippen molar-refractivity contribution < 1.29 is 14.7 Å². The van der Waals surface area contributed by atoms with Crippen LogP contribution in [0.5, 0.6) is 0 Å². The quantitative estimate of drug-likeness (QED) is 0.603. The van der Waals surface area contributed by atoms with Crippen LogP contribution in [0.25, 0.3) is 0 Å². The van der Waals surface area contributed by atoms with Crippen molar-refractivity contribution in [3.05, 3.63) is 0 Å². The van der Waals surface area contributed by atoms with E-state index in [0.717, 1.165) is 0 Å². The minimum atomic E-state index is -0.983. The number of carboxylic acids is 1. The standard InChI is InChI=1S/C10H19NO3S/c1-6(2)4-8(10(13)14)11-9(12)7(3)5-15/h6-8,15H,4-5H2,1-3H3,(H,11,12)(H,13,14). The highest BCUT2D eigenvalue weighted by atomic mass is 32.1. The predicted octanol–water partition coefficient (Wildman–Crippen LogP) is 1.17. The summed E-state index contributed by atoms with van der Waals surface area (Å²) in [5.74, 6) is -0.846. The van der Waals surface area contributed by atoms with Crippen molar-refractivity contribution in [3.8, 4) is 0 Å². The number of hydrogen-bond donors (Lipinski definition) is 3. The lowest BCUT2D eigenvalue weighted by molar-refractivity contribution is -0.142. The highest BCUT2D eigenvalue weighted by Crippen LogP contribution is 2.06. The van der Waals surface area contributed by atoms with Crippen LogP contribution in [-0.2, 0) is 9.59 Å². The van der Waals surface area contributed by atoms with Gasteiger partial charge >= 0.3 is 5.97 Å². The third kappa shape index (κ3) is 5.67. The van der Waals surface area contributed by atoms with E-state index in [0.29, 0.717) is 12.2 Å². The Morgan fingerprint density at radius 3 is 2.20 bits per heavy atom. The molecule has 5 heteroatoms. The Labute approximate surface area is 95.8 Å². The number of aliphatic carboxylic acids is 1. The summed E-state index contributed by atoms with van der Waals surface area (Å²) in [5.41, 5.74) is 0. The number of hydrogen-bond acceptors (Lipinski definition) is 3. The van der Waals surface area contributed by atoms with Crippen LogP contribution in [0.1, 0.15) is 27.2 Å². The van der Waals surface area contributed by atoms with Crippen LogP contribution in [0, 0.1) is 11.8 Å². The number of nitrogens with one attached hydrogen (secondary N) is 1. The first-order valence-corrected chi connectivity index (χ1v) is 5.65. The van der Waals surface area contributed by atoms with Crippen molar-refractivity contribution in [2.45, 2.75) is 33.2 Å². The molecule has 0 aromatic carbocycles. The van der Waals surface area contributed by atoms with Gasteiger partial charge in [0.05, 0.1) is 0 Å². The molecule has 2 N–H and O–H groups in total. The van der Waals surface area contributed by atoms with Crippen LogP contribution < -0.4 is 5.32 Å². The van der Waals surface area contributed by atoms with Crippen molar-refractivity contribution in [2.24, 2.45) is 11.8 Å². The van der Waals surface area contributed by atoms with Crippen molar-refractivity contribution >= 4 is 24.5 Å². The lowest BCUT2D eigenvalue weighted by atomic mass is 10.0. The normalized spacial score (nSPS) is 14.7. The maximum absolute atomic E-state index is 11.4. The van der Waals surface area contributed by atoms with Gasteiger partial charge in [-0.2, -0.15) is 12.6 Å². The molecule has 0 bridgehead atoms. The topological polar surface area (TPSA) is 66.4 Å². The molecule has 4 nitrogen and oxygen atoms in total. The second-order valence-electron chi connectivity index (χ2n) is 4.11. The molecule has 2 atom stereocenters. The van der Waals surface area contributed by atoms with E-state index in [1.807, 2.05) is 13.8 Å². The van der Waals surface area contributed by atoms with Gasteiger partial charge in [0, 0.05) is 11.7 Å². The van der Waals surface area contributed by atoms with Crippen molar-refractivity contribution in [1.82, 2.24) is 5.32 Å². The number of carboxylic acid groups (broad SMARTS) is 1. The molecule has 0 rings (SSSR count). The van der Waals surface area contributed by atoms with E-state index in [9.17, 15) is 9.59 Å². The summed E-state index contributed by atoms with van der Waals surface area (Å²) in [7, 11) is 0. The molecule has 0 aromatic heterocycles. The maximum atomic E-state index is 11.4. The zero-order valence-electron chi connectivity index (χ0n) is 9.36. The SMILES string of the molecule is CC(C)CC(NC(=O)C(C)CS)C(=O)O. The lowest BCUT2D eigenvalue weighted by Gasteiger charge is -2.18.